The van der Waals surface area contributed by atoms with Gasteiger partial charge in [-0.25, -0.2) is 0 Å². The minimum Gasteiger partial charge on any atom is -0.494 e. The van der Waals surface area contributed by atoms with Crippen LogP contribution in [0, 0.1) is 0 Å². The lowest BCUT2D eigenvalue weighted by molar-refractivity contribution is 0.328. The molecule has 0 bridgehead atoms. The van der Waals surface area contributed by atoms with Crippen LogP contribution in [0.4, 0.5) is 5.69 Å². The predicted octanol–water partition coefficient (Wildman–Crippen LogP) is 4.14. The largest absolute Gasteiger partial charge is 0.494 e. The lowest BCUT2D eigenvalue weighted by Gasteiger charge is -2.24. The van der Waals surface area contributed by atoms with Crippen LogP contribution in [0.3, 0.4) is 0 Å². The Morgan fingerprint density at radius 3 is 2.59 bits per heavy atom. The van der Waals surface area contributed by atoms with Crippen molar-refractivity contribution in [2.24, 2.45) is 0 Å². The third-order valence-corrected chi connectivity index (χ3v) is 3.38. The van der Waals surface area contributed by atoms with E-state index >= 15 is 0 Å². The number of halogens is 1. The highest BCUT2D eigenvalue weighted by molar-refractivity contribution is 5.85. The second kappa shape index (κ2) is 6.75. The Morgan fingerprint density at radius 2 is 1.94 bits per heavy atom. The molecule has 2 N–H and O–H groups in total. The maximum Gasteiger partial charge on any atom is 0.124 e. The molecule has 96 valence electrons. The zero-order chi connectivity index (χ0) is 11.4. The standard InChI is InChI=1S/C14H21NO.ClH/c1-2-16-14-10-12(15)8-9-13(14)11-6-4-3-5-7-11;/h8-11H,2-7,15H2,1H3;1H. The fraction of sp³-hybridized carbons (Fsp3) is 0.571. The smallest absolute Gasteiger partial charge is 0.124 e. The van der Waals surface area contributed by atoms with Gasteiger partial charge in [0.05, 0.1) is 6.61 Å². The van der Waals surface area contributed by atoms with Gasteiger partial charge in [0.25, 0.3) is 0 Å². The summed E-state index contributed by atoms with van der Waals surface area (Å²) >= 11 is 0. The summed E-state index contributed by atoms with van der Waals surface area (Å²) in [5.74, 6) is 1.67. The van der Waals surface area contributed by atoms with E-state index in [1.165, 1.54) is 37.7 Å². The minimum atomic E-state index is 0. The Kier molecular flexibility index (Phi) is 5.63. The van der Waals surface area contributed by atoms with Gasteiger partial charge in [0.15, 0.2) is 0 Å². The van der Waals surface area contributed by atoms with E-state index in [9.17, 15) is 0 Å². The van der Waals surface area contributed by atoms with E-state index in [4.69, 9.17) is 10.5 Å². The highest BCUT2D eigenvalue weighted by Gasteiger charge is 2.19. The highest BCUT2D eigenvalue weighted by Crippen LogP contribution is 2.38. The van der Waals surface area contributed by atoms with Crippen LogP contribution in [0.25, 0.3) is 0 Å². The molecule has 1 fully saturated rings. The van der Waals surface area contributed by atoms with Crippen molar-refractivity contribution < 1.29 is 4.74 Å². The molecule has 0 unspecified atom stereocenters. The SMILES string of the molecule is CCOc1cc(N)ccc1C1CCCCC1.Cl. The van der Waals surface area contributed by atoms with Crippen LogP contribution in [0.15, 0.2) is 18.2 Å². The molecule has 2 rings (SSSR count). The molecule has 3 heteroatoms. The summed E-state index contributed by atoms with van der Waals surface area (Å²) < 4.78 is 5.69. The Bertz CT molecular complexity index is 348. The first kappa shape index (κ1) is 14.2. The molecule has 1 aliphatic rings. The first-order valence-electron chi connectivity index (χ1n) is 6.33. The molecule has 1 aromatic rings. The van der Waals surface area contributed by atoms with Gasteiger partial charge in [0.1, 0.15) is 5.75 Å². The van der Waals surface area contributed by atoms with Crippen molar-refractivity contribution in [2.75, 3.05) is 12.3 Å². The van der Waals surface area contributed by atoms with Gasteiger partial charge in [-0.3, -0.25) is 0 Å². The summed E-state index contributed by atoms with van der Waals surface area (Å²) in [4.78, 5) is 0. The number of benzene rings is 1. The van der Waals surface area contributed by atoms with Crippen molar-refractivity contribution in [2.45, 2.75) is 44.9 Å². The molecule has 0 spiro atoms. The normalized spacial score (nSPS) is 16.3. The van der Waals surface area contributed by atoms with Crippen LogP contribution in [0.5, 0.6) is 5.75 Å². The van der Waals surface area contributed by atoms with Gasteiger partial charge in [-0.1, -0.05) is 25.3 Å². The Hall–Kier alpha value is -0.890. The molecule has 2 nitrogen and oxygen atoms in total. The van der Waals surface area contributed by atoms with Crippen molar-refractivity contribution in [1.29, 1.82) is 0 Å². The molecule has 0 aromatic heterocycles. The van der Waals surface area contributed by atoms with Gasteiger partial charge < -0.3 is 10.5 Å². The Labute approximate surface area is 110 Å². The molecular weight excluding hydrogens is 234 g/mol. The number of nitrogens with two attached hydrogens (primary N) is 1. The summed E-state index contributed by atoms with van der Waals surface area (Å²) in [6.45, 7) is 2.73. The molecule has 0 heterocycles. The Balaban J connectivity index is 0.00000144. The predicted molar refractivity (Wildman–Crippen MR) is 75.1 cm³/mol. The quantitative estimate of drug-likeness (QED) is 0.824. The van der Waals surface area contributed by atoms with Crippen LogP contribution in [-0.2, 0) is 0 Å². The van der Waals surface area contributed by atoms with Crippen molar-refractivity contribution >= 4 is 18.1 Å². The highest BCUT2D eigenvalue weighted by atomic mass is 35.5. The maximum atomic E-state index is 5.81. The fourth-order valence-corrected chi connectivity index (χ4v) is 2.58. The van der Waals surface area contributed by atoms with Gasteiger partial charge in [0.2, 0.25) is 0 Å². The van der Waals surface area contributed by atoms with Crippen LogP contribution < -0.4 is 10.5 Å². The number of nitrogen functional groups attached to an aromatic ring is 1. The van der Waals surface area contributed by atoms with Crippen LogP contribution >= 0.6 is 12.4 Å². The number of hydrogen-bond acceptors (Lipinski definition) is 2. The zero-order valence-electron chi connectivity index (χ0n) is 10.4. The third kappa shape index (κ3) is 3.53. The van der Waals surface area contributed by atoms with Crippen LogP contribution in [0.2, 0.25) is 0 Å². The van der Waals surface area contributed by atoms with E-state index in [0.717, 1.165) is 11.4 Å². The number of anilines is 1. The summed E-state index contributed by atoms with van der Waals surface area (Å²) in [6.07, 6.45) is 6.67. The van der Waals surface area contributed by atoms with Crippen molar-refractivity contribution in [3.63, 3.8) is 0 Å². The average Bonchev–Trinajstić information content (AvgIpc) is 2.31. The second-order valence-corrected chi connectivity index (χ2v) is 4.57. The molecule has 1 aliphatic carbocycles. The molecular formula is C14H22ClNO. The monoisotopic (exact) mass is 255 g/mol. The number of hydrogen-bond donors (Lipinski definition) is 1. The van der Waals surface area contributed by atoms with Crippen LogP contribution in [0.1, 0.15) is 50.5 Å². The molecule has 1 saturated carbocycles. The van der Waals surface area contributed by atoms with E-state index in [2.05, 4.69) is 6.07 Å². The van der Waals surface area contributed by atoms with Gasteiger partial charge in [0, 0.05) is 11.8 Å². The molecule has 0 amide bonds. The van der Waals surface area contributed by atoms with Gasteiger partial charge in [-0.2, -0.15) is 0 Å². The van der Waals surface area contributed by atoms with Crippen LogP contribution in [-0.4, -0.2) is 6.61 Å². The average molecular weight is 256 g/mol. The third-order valence-electron chi connectivity index (χ3n) is 3.38. The lowest BCUT2D eigenvalue weighted by Crippen LogP contribution is -2.07. The first-order chi connectivity index (χ1) is 7.81. The second-order valence-electron chi connectivity index (χ2n) is 4.57. The zero-order valence-corrected chi connectivity index (χ0v) is 11.3. The number of rotatable bonds is 3. The van der Waals surface area contributed by atoms with Gasteiger partial charge in [-0.05, 0) is 37.3 Å². The lowest BCUT2D eigenvalue weighted by atomic mass is 9.83. The van der Waals surface area contributed by atoms with Crippen molar-refractivity contribution in [1.82, 2.24) is 0 Å². The molecule has 1 aromatic carbocycles. The number of ether oxygens (including phenoxy) is 1. The molecule has 0 radical (unpaired) electrons. The molecule has 0 saturated heterocycles. The summed E-state index contributed by atoms with van der Waals surface area (Å²) in [5, 5.41) is 0. The van der Waals surface area contributed by atoms with Crippen molar-refractivity contribution in [3.8, 4) is 5.75 Å². The van der Waals surface area contributed by atoms with Gasteiger partial charge in [-0.15, -0.1) is 12.4 Å². The summed E-state index contributed by atoms with van der Waals surface area (Å²) in [6, 6.07) is 6.11. The maximum absolute atomic E-state index is 5.81. The van der Waals surface area contributed by atoms with E-state index in [0.29, 0.717) is 12.5 Å². The summed E-state index contributed by atoms with van der Waals surface area (Å²) in [5.41, 5.74) is 7.96. The molecule has 17 heavy (non-hydrogen) atoms. The topological polar surface area (TPSA) is 35.2 Å². The van der Waals surface area contributed by atoms with E-state index in [1.54, 1.807) is 0 Å². The first-order valence-corrected chi connectivity index (χ1v) is 6.33. The molecule has 0 aliphatic heterocycles. The van der Waals surface area contributed by atoms with E-state index < -0.39 is 0 Å². The van der Waals surface area contributed by atoms with E-state index in [-0.39, 0.29) is 12.4 Å². The van der Waals surface area contributed by atoms with E-state index in [1.807, 2.05) is 19.1 Å². The Morgan fingerprint density at radius 1 is 1.24 bits per heavy atom. The minimum absolute atomic E-state index is 0. The van der Waals surface area contributed by atoms with Crippen molar-refractivity contribution in [3.05, 3.63) is 23.8 Å². The molecule has 0 atom stereocenters. The van der Waals surface area contributed by atoms with Gasteiger partial charge >= 0.3 is 0 Å². The summed E-state index contributed by atoms with van der Waals surface area (Å²) in [7, 11) is 0. The fourth-order valence-electron chi connectivity index (χ4n) is 2.58.